The summed E-state index contributed by atoms with van der Waals surface area (Å²) in [5, 5.41) is 57.1. The zero-order chi connectivity index (χ0) is 87.4. The number of carboxylic acid groups (broad SMARTS) is 2. The van der Waals surface area contributed by atoms with Crippen molar-refractivity contribution in [3.05, 3.63) is 107 Å². The number of hydrogen-bond acceptors (Lipinski definition) is 23. The highest BCUT2D eigenvalue weighted by Crippen LogP contribution is 2.26. The van der Waals surface area contributed by atoms with Crippen LogP contribution in [0.1, 0.15) is 107 Å². The van der Waals surface area contributed by atoms with Gasteiger partial charge in [0, 0.05) is 60.3 Å². The molecule has 39 nitrogen and oxygen atoms in total. The van der Waals surface area contributed by atoms with Crippen molar-refractivity contribution in [1.82, 2.24) is 84.7 Å². The topological polar surface area (TPSA) is 601 Å². The molecule has 119 heavy (non-hydrogen) atoms. The molecule has 0 spiro atoms. The van der Waals surface area contributed by atoms with E-state index in [1.807, 2.05) is 0 Å². The van der Waals surface area contributed by atoms with Crippen LogP contribution in [-0.2, 0) is 121 Å². The fourth-order valence-corrected chi connectivity index (χ4v) is 15.4. The molecule has 3 aliphatic rings. The Morgan fingerprint density at radius 1 is 0.487 bits per heavy atom. The van der Waals surface area contributed by atoms with Crippen LogP contribution in [-0.4, -0.2) is 257 Å². The monoisotopic (exact) mass is 1710 g/mol. The van der Waals surface area contributed by atoms with Crippen LogP contribution in [0.2, 0.25) is 0 Å². The van der Waals surface area contributed by atoms with Gasteiger partial charge in [-0.05, 0) is 78.7 Å². The van der Waals surface area contributed by atoms with Crippen molar-refractivity contribution in [2.75, 3.05) is 63.1 Å². The summed E-state index contributed by atoms with van der Waals surface area (Å²) in [4.78, 5) is 263. The van der Waals surface area contributed by atoms with E-state index in [9.17, 15) is 101 Å². The van der Waals surface area contributed by atoms with Crippen LogP contribution in [0.15, 0.2) is 78.9 Å². The maximum atomic E-state index is 14.9. The van der Waals surface area contributed by atoms with E-state index in [-0.39, 0.29) is 85.0 Å². The van der Waals surface area contributed by atoms with E-state index in [4.69, 9.17) is 11.5 Å². The SMILES string of the molecule is CC(C)C[C@@H]1NC(=O)[C@H](CC(=O)O)NC(=O)[C@H](Cc2ccccc2)NC(=O)[C@H](CC(C)C)NC(=O)[C@@H](NC(=O)[C@H](C)N)CSCc2cc3cc(c2)CSC[C@@H](C(=O)NCC(N)=O)NC(=O)[C@@H]2CCCN2C(=O)CNC(=O)[C@H](CCC(=O)O)NC(=O)CNC(=O)CNC(=O)CNC(=O)[C@H](CSC3)NC(=O)[C@H](Cc2ccccc2)NC(=O)CNC1=O. The van der Waals surface area contributed by atoms with E-state index in [1.54, 1.807) is 107 Å². The van der Waals surface area contributed by atoms with E-state index in [0.717, 1.165) is 40.2 Å². The minimum Gasteiger partial charge on any atom is -0.481 e. The molecule has 42 heteroatoms. The lowest BCUT2D eigenvalue weighted by Crippen LogP contribution is -2.60. The summed E-state index contributed by atoms with van der Waals surface area (Å²) in [5.74, 6) is -19.8. The minimum absolute atomic E-state index is 0.0189. The third-order valence-electron chi connectivity index (χ3n) is 18.4. The molecular formula is C77H106N18O21S3. The Kier molecular flexibility index (Phi) is 39.8. The lowest BCUT2D eigenvalue weighted by molar-refractivity contribution is -0.141. The largest absolute Gasteiger partial charge is 0.481 e. The molecule has 3 heterocycles. The highest BCUT2D eigenvalue weighted by molar-refractivity contribution is 7.99. The highest BCUT2D eigenvalue weighted by Gasteiger charge is 2.39. The molecule has 11 atom stereocenters. The molecule has 648 valence electrons. The lowest BCUT2D eigenvalue weighted by atomic mass is 10.00. The van der Waals surface area contributed by atoms with E-state index < -0.39 is 237 Å². The maximum Gasteiger partial charge on any atom is 0.305 e. The number of thioether (sulfide) groups is 3. The first-order chi connectivity index (χ1) is 56.5. The molecule has 0 radical (unpaired) electrons. The lowest BCUT2D eigenvalue weighted by Gasteiger charge is -2.28. The van der Waals surface area contributed by atoms with Crippen LogP contribution in [0, 0.1) is 11.8 Å². The number of benzene rings is 3. The first-order valence-corrected chi connectivity index (χ1v) is 42.0. The first-order valence-electron chi connectivity index (χ1n) is 38.6. The molecule has 4 bridgehead atoms. The maximum absolute atomic E-state index is 14.9. The van der Waals surface area contributed by atoms with Gasteiger partial charge in [-0.3, -0.25) is 91.1 Å². The molecule has 17 amide bonds. The highest BCUT2D eigenvalue weighted by atomic mass is 32.2. The van der Waals surface area contributed by atoms with Crippen LogP contribution in [0.25, 0.3) is 0 Å². The molecule has 1 fully saturated rings. The number of primary amides is 1. The molecule has 3 aliphatic heterocycles. The van der Waals surface area contributed by atoms with Gasteiger partial charge < -0.3 is 106 Å². The van der Waals surface area contributed by atoms with Gasteiger partial charge in [0.15, 0.2) is 0 Å². The van der Waals surface area contributed by atoms with Crippen LogP contribution < -0.4 is 91.2 Å². The molecule has 0 unspecified atom stereocenters. The Hall–Kier alpha value is -11.4. The van der Waals surface area contributed by atoms with Crippen LogP contribution in [0.3, 0.4) is 0 Å². The van der Waals surface area contributed by atoms with E-state index in [0.29, 0.717) is 34.2 Å². The summed E-state index contributed by atoms with van der Waals surface area (Å²) in [7, 11) is 0. The second kappa shape index (κ2) is 49.1. The third-order valence-corrected chi connectivity index (χ3v) is 21.7. The Morgan fingerprint density at radius 3 is 1.50 bits per heavy atom. The number of carbonyl (C=O) groups is 19. The van der Waals surface area contributed by atoms with Crippen molar-refractivity contribution in [1.29, 1.82) is 0 Å². The number of amides is 17. The quantitative estimate of drug-likeness (QED) is 0.0568. The van der Waals surface area contributed by atoms with Gasteiger partial charge in [-0.2, -0.15) is 35.3 Å². The van der Waals surface area contributed by atoms with E-state index in [1.165, 1.54) is 6.92 Å². The number of nitrogens with one attached hydrogen (secondary N) is 15. The van der Waals surface area contributed by atoms with Gasteiger partial charge in [0.05, 0.1) is 51.7 Å². The fourth-order valence-electron chi connectivity index (χ4n) is 12.5. The van der Waals surface area contributed by atoms with Gasteiger partial charge in [-0.15, -0.1) is 0 Å². The van der Waals surface area contributed by atoms with Crippen molar-refractivity contribution in [3.8, 4) is 0 Å². The predicted octanol–water partition coefficient (Wildman–Crippen LogP) is -4.79. The number of nitrogens with zero attached hydrogens (tertiary/aromatic N) is 1. The zero-order valence-electron chi connectivity index (χ0n) is 66.5. The number of nitrogens with two attached hydrogens (primary N) is 2. The van der Waals surface area contributed by atoms with Crippen molar-refractivity contribution < 1.29 is 101 Å². The van der Waals surface area contributed by atoms with Crippen LogP contribution >= 0.6 is 35.3 Å². The second-order valence-corrected chi connectivity index (χ2v) is 32.6. The van der Waals surface area contributed by atoms with Crippen molar-refractivity contribution >= 4 is 148 Å². The van der Waals surface area contributed by atoms with Crippen molar-refractivity contribution in [3.63, 3.8) is 0 Å². The Morgan fingerprint density at radius 2 is 0.941 bits per heavy atom. The van der Waals surface area contributed by atoms with E-state index in [2.05, 4.69) is 79.8 Å². The summed E-state index contributed by atoms with van der Waals surface area (Å²) < 4.78 is 0. The van der Waals surface area contributed by atoms with Crippen molar-refractivity contribution in [2.45, 2.75) is 176 Å². The number of carbonyl (C=O) groups excluding carboxylic acids is 17. The molecule has 0 saturated carbocycles. The molecule has 21 N–H and O–H groups in total. The van der Waals surface area contributed by atoms with Gasteiger partial charge in [-0.1, -0.05) is 107 Å². The number of fused-ring (bicyclic) bond motifs is 6. The summed E-state index contributed by atoms with van der Waals surface area (Å²) in [6.07, 6.45) is -2.39. The molecule has 6 rings (SSSR count). The van der Waals surface area contributed by atoms with Crippen molar-refractivity contribution in [2.24, 2.45) is 23.3 Å². The number of aliphatic carboxylic acids is 2. The minimum atomic E-state index is -1.91. The van der Waals surface area contributed by atoms with Gasteiger partial charge in [0.25, 0.3) is 0 Å². The summed E-state index contributed by atoms with van der Waals surface area (Å²) >= 11 is 3.38. The smallest absolute Gasteiger partial charge is 0.305 e. The summed E-state index contributed by atoms with van der Waals surface area (Å²) in [6, 6.07) is 5.73. The molecule has 0 aromatic heterocycles. The van der Waals surface area contributed by atoms with Crippen LogP contribution in [0.4, 0.5) is 0 Å². The molecule has 3 aromatic rings. The van der Waals surface area contributed by atoms with Gasteiger partial charge in [-0.25, -0.2) is 0 Å². The number of hydrogen-bond donors (Lipinski definition) is 19. The van der Waals surface area contributed by atoms with E-state index >= 15 is 0 Å². The first kappa shape index (κ1) is 96.4. The molecule has 1 saturated heterocycles. The summed E-state index contributed by atoms with van der Waals surface area (Å²) in [6.45, 7) is 3.67. The molecular weight excluding hydrogens is 1610 g/mol. The zero-order valence-corrected chi connectivity index (χ0v) is 69.0. The number of rotatable bonds is 18. The fraction of sp³-hybridized carbons (Fsp3) is 0.519. The van der Waals surface area contributed by atoms with Crippen LogP contribution in [0.5, 0.6) is 0 Å². The Bertz CT molecular complexity index is 4150. The number of carboxylic acids is 2. The van der Waals surface area contributed by atoms with Gasteiger partial charge in [0.2, 0.25) is 100 Å². The molecule has 3 aromatic carbocycles. The average molecular weight is 1720 g/mol. The third kappa shape index (κ3) is 34.6. The second-order valence-electron chi connectivity index (χ2n) is 29.5. The van der Waals surface area contributed by atoms with Gasteiger partial charge >= 0.3 is 11.9 Å². The van der Waals surface area contributed by atoms with Gasteiger partial charge in [0.1, 0.15) is 60.4 Å². The average Bonchev–Trinajstić information content (AvgIpc) is 1.75. The Labute approximate surface area is 699 Å². The Balaban J connectivity index is 1.46. The summed E-state index contributed by atoms with van der Waals surface area (Å²) in [5.41, 5.74) is 14.2. The standard InChI is InChI=1S/C77H106N18O21S3/c1-41(2)21-50-69(108)84-33-63(100)87-52(26-44-13-8-6-9-14-44)73(112)93-55-38-117-35-46-23-47(25-48(24-46)37-119-40-57(92-67(106)43(5)78)76(115)89-51(22-42(3)4)72(111)90-53(27-45-15-10-7-11-16-45)74(113)91-54(28-66(104)105)75(114)88-50)36-118-39-56(70(109)82-29-59(79)96)94-77(116)58-17-12-20-95(58)64(101)34-85-68(107)49(18-19-65(102)103)86-62(99)32-81-60(97)30-80-61(98)31-83-71(55)110/h6-11,13-16,23-25,41-43,49-58H,12,17-22,26-40,78H2,1-5H3,(H2,79,96)(H,80,98)(H,81,97)(H,82,109)(H,83,110)(H,84,108)(H,85,107)(H,86,99)(H,87,100)(H,88,114)(H,89,115)(H,90,111)(H,91,113)(H,92,106)(H,93,112)(H,94,116)(H,102,103)(H,104,105)/t43-,49-,50-,51-,52-,53-,54-,55-,56-,57-,58-/m0/s1. The molecule has 0 aliphatic carbocycles. The predicted molar refractivity (Wildman–Crippen MR) is 436 cm³/mol. The normalized spacial score (nSPS) is 23.5.